The molecule has 0 amide bonds. The first-order valence-corrected chi connectivity index (χ1v) is 3.64. The fourth-order valence-electron chi connectivity index (χ4n) is 1.01. The van der Waals surface area contributed by atoms with Gasteiger partial charge in [0.05, 0.1) is 0 Å². The maximum Gasteiger partial charge on any atom is 0.0493 e. The predicted octanol–water partition coefficient (Wildman–Crippen LogP) is 1.95. The Hall–Kier alpha value is -1.06. The summed E-state index contributed by atoms with van der Waals surface area (Å²) in [4.78, 5) is 0. The quantitative estimate of drug-likeness (QED) is 0.701. The molecule has 0 bridgehead atoms. The van der Waals surface area contributed by atoms with Crippen LogP contribution in [0.1, 0.15) is 0 Å². The van der Waals surface area contributed by atoms with Crippen molar-refractivity contribution in [2.75, 3.05) is 0 Å². The van der Waals surface area contributed by atoms with E-state index in [9.17, 15) is 8.78 Å². The molecule has 1 aromatic heterocycles. The van der Waals surface area contributed by atoms with E-state index < -0.39 is 11.6 Å². The van der Waals surface area contributed by atoms with Crippen molar-refractivity contribution in [3.05, 3.63) is 48.3 Å². The van der Waals surface area contributed by atoms with Gasteiger partial charge in [0, 0.05) is 44.1 Å². The molecule has 0 unspecified atom stereocenters. The van der Waals surface area contributed by atoms with Gasteiger partial charge in [-0.1, -0.05) is 0 Å². The first kappa shape index (κ1) is 11.0. The van der Waals surface area contributed by atoms with Crippen molar-refractivity contribution in [3.63, 3.8) is 0 Å². The van der Waals surface area contributed by atoms with Crippen LogP contribution in [0.25, 0.3) is 5.69 Å². The smallest absolute Gasteiger partial charge is 0.0493 e. The average Bonchev–Trinajstić information content (AvgIpc) is 2.56. The van der Waals surface area contributed by atoms with Crippen LogP contribution in [-0.2, 0) is 20.1 Å². The maximum absolute atomic E-state index is 13.1. The largest absolute Gasteiger partial charge is 0.284 e. The number of rotatable bonds is 1. The molecule has 2 rings (SSSR count). The molecule has 0 aliphatic heterocycles. The molecule has 0 atom stereocenters. The van der Waals surface area contributed by atoms with Crippen LogP contribution in [0.4, 0.5) is 8.78 Å². The van der Waals surface area contributed by atoms with E-state index in [1.807, 2.05) is 0 Å². The Morgan fingerprint density at radius 3 is 2.71 bits per heavy atom. The third kappa shape index (κ3) is 2.05. The van der Waals surface area contributed by atoms with Gasteiger partial charge in [0.2, 0.25) is 0 Å². The summed E-state index contributed by atoms with van der Waals surface area (Å²) in [5, 5.41) is 3.80. The molecule has 0 aliphatic rings. The van der Waals surface area contributed by atoms with Gasteiger partial charge in [0.25, 0.3) is 0 Å². The molecule has 2 aromatic rings. The van der Waals surface area contributed by atoms with Gasteiger partial charge in [-0.05, 0) is 11.8 Å². The molecule has 5 heteroatoms. The minimum atomic E-state index is -0.677. The predicted molar refractivity (Wildman–Crippen MR) is 42.3 cm³/mol. The van der Waals surface area contributed by atoms with Gasteiger partial charge in [-0.15, -0.1) is 12.1 Å². The summed E-state index contributed by atoms with van der Waals surface area (Å²) >= 11 is 0. The van der Waals surface area contributed by atoms with Gasteiger partial charge in [-0.25, -0.2) is 0 Å². The van der Waals surface area contributed by atoms with E-state index in [0.717, 1.165) is 12.1 Å². The summed E-state index contributed by atoms with van der Waals surface area (Å²) in [6.45, 7) is 0. The van der Waals surface area contributed by atoms with E-state index >= 15 is 0 Å². The maximum atomic E-state index is 13.1. The topological polar surface area (TPSA) is 17.8 Å². The number of hydrogen-bond donors (Lipinski definition) is 0. The van der Waals surface area contributed by atoms with Gasteiger partial charge in [0.15, 0.2) is 0 Å². The number of aromatic nitrogens is 2. The zero-order chi connectivity index (χ0) is 9.26. The molecule has 1 aromatic carbocycles. The van der Waals surface area contributed by atoms with E-state index in [1.165, 1.54) is 10.9 Å². The Balaban J connectivity index is 0.000000980. The Kier molecular flexibility index (Phi) is 3.49. The van der Waals surface area contributed by atoms with Crippen molar-refractivity contribution in [2.24, 2.45) is 0 Å². The van der Waals surface area contributed by atoms with Crippen LogP contribution >= 0.6 is 0 Å². The van der Waals surface area contributed by atoms with Crippen molar-refractivity contribution < 1.29 is 28.9 Å². The summed E-state index contributed by atoms with van der Waals surface area (Å²) in [5.41, 5.74) is 0.117. The summed E-state index contributed by atoms with van der Waals surface area (Å²) in [6, 6.07) is 5.98. The van der Waals surface area contributed by atoms with E-state index in [0.29, 0.717) is 0 Å². The molecule has 1 radical (unpaired) electrons. The van der Waals surface area contributed by atoms with Crippen LogP contribution in [0.15, 0.2) is 30.6 Å². The molecule has 14 heavy (non-hydrogen) atoms. The Morgan fingerprint density at radius 2 is 2.14 bits per heavy atom. The van der Waals surface area contributed by atoms with Gasteiger partial charge in [-0.2, -0.15) is 11.2 Å². The van der Waals surface area contributed by atoms with Crippen LogP contribution in [0.2, 0.25) is 0 Å². The van der Waals surface area contributed by atoms with Gasteiger partial charge >= 0.3 is 0 Å². The van der Waals surface area contributed by atoms with Crippen LogP contribution < -0.4 is 0 Å². The van der Waals surface area contributed by atoms with E-state index in [-0.39, 0.29) is 25.8 Å². The van der Waals surface area contributed by atoms with E-state index in [4.69, 9.17) is 0 Å². The number of hydrogen-bond acceptors (Lipinski definition) is 1. The first-order chi connectivity index (χ1) is 6.27. The minimum Gasteiger partial charge on any atom is -0.284 e. The molecule has 75 valence electrons. The van der Waals surface area contributed by atoms with Crippen LogP contribution in [0.5, 0.6) is 0 Å². The second-order valence-electron chi connectivity index (χ2n) is 2.47. The molecule has 0 aliphatic carbocycles. The number of benzene rings is 1. The molecule has 0 saturated heterocycles. The summed E-state index contributed by atoms with van der Waals surface area (Å²) < 4.78 is 26.9. The van der Waals surface area contributed by atoms with Crippen LogP contribution in [-0.4, -0.2) is 9.78 Å². The molecule has 0 N–H and O–H groups in total. The van der Waals surface area contributed by atoms with Crippen LogP contribution in [0.3, 0.4) is 0 Å². The summed E-state index contributed by atoms with van der Waals surface area (Å²) in [7, 11) is 0. The number of nitrogens with zero attached hydrogens (tertiary/aromatic N) is 2. The Labute approximate surface area is 92.9 Å². The molecule has 0 spiro atoms. The van der Waals surface area contributed by atoms with E-state index in [1.54, 1.807) is 12.3 Å². The Bertz CT molecular complexity index is 415. The average molecular weight is 371 g/mol. The standard InChI is InChI=1S/C9H5F2N2.Ir/c10-7-2-3-9(8(11)6-7)13-5-1-4-12-13;/h1-2,4-6H;/q-1;. The SMILES string of the molecule is Fc1c[c-]c(-n2cccn2)c(F)c1.[Ir]. The van der Waals surface area contributed by atoms with Crippen LogP contribution in [0, 0.1) is 17.7 Å². The van der Waals surface area contributed by atoms with Crippen molar-refractivity contribution >= 4 is 0 Å². The fourth-order valence-corrected chi connectivity index (χ4v) is 1.01. The first-order valence-electron chi connectivity index (χ1n) is 3.64. The fraction of sp³-hybridized carbons (Fsp3) is 0. The second kappa shape index (κ2) is 4.44. The second-order valence-corrected chi connectivity index (χ2v) is 2.47. The molecule has 1 heterocycles. The summed E-state index contributed by atoms with van der Waals surface area (Å²) in [5.74, 6) is -1.32. The van der Waals surface area contributed by atoms with E-state index in [2.05, 4.69) is 11.2 Å². The molecule has 2 nitrogen and oxygen atoms in total. The van der Waals surface area contributed by atoms with Crippen molar-refractivity contribution in [1.29, 1.82) is 0 Å². The molecule has 0 fully saturated rings. The van der Waals surface area contributed by atoms with Crippen molar-refractivity contribution in [3.8, 4) is 5.69 Å². The molecular formula is C9H5F2IrN2-. The third-order valence-corrected chi connectivity index (χ3v) is 1.57. The van der Waals surface area contributed by atoms with Crippen molar-refractivity contribution in [1.82, 2.24) is 9.78 Å². The molecule has 0 saturated carbocycles. The summed E-state index contributed by atoms with van der Waals surface area (Å²) in [6.07, 6.45) is 3.07. The third-order valence-electron chi connectivity index (χ3n) is 1.57. The monoisotopic (exact) mass is 372 g/mol. The zero-order valence-corrected chi connectivity index (χ0v) is 9.27. The zero-order valence-electron chi connectivity index (χ0n) is 6.87. The number of halogens is 2. The minimum absolute atomic E-state index is 0. The van der Waals surface area contributed by atoms with Crippen molar-refractivity contribution in [2.45, 2.75) is 0 Å². The van der Waals surface area contributed by atoms with Gasteiger partial charge in [0.1, 0.15) is 0 Å². The van der Waals surface area contributed by atoms with Gasteiger partial charge in [-0.3, -0.25) is 13.5 Å². The Morgan fingerprint density at radius 1 is 1.36 bits per heavy atom. The molecular weight excluding hydrogens is 366 g/mol. The normalized spacial score (nSPS) is 9.57. The van der Waals surface area contributed by atoms with Gasteiger partial charge < -0.3 is 0 Å².